The van der Waals surface area contributed by atoms with Crippen LogP contribution in [-0.4, -0.2) is 40.8 Å². The number of hydrogen-bond acceptors (Lipinski definition) is 4. The number of halogens is 1. The average molecular weight is 393 g/mol. The Morgan fingerprint density at radius 1 is 1.26 bits per heavy atom. The molecule has 1 aliphatic carbocycles. The van der Waals surface area contributed by atoms with Crippen LogP contribution in [0.1, 0.15) is 44.6 Å². The Bertz CT molecular complexity index is 725. The monoisotopic (exact) mass is 392 g/mol. The number of hydrogen-bond donors (Lipinski definition) is 2. The third-order valence-electron chi connectivity index (χ3n) is 5.57. The van der Waals surface area contributed by atoms with Crippen LogP contribution in [0, 0.1) is 11.8 Å². The molecular weight excluding hydrogens is 368 g/mol. The van der Waals surface area contributed by atoms with E-state index in [1.165, 1.54) is 4.90 Å². The van der Waals surface area contributed by atoms with E-state index in [1.54, 1.807) is 31.2 Å². The van der Waals surface area contributed by atoms with Gasteiger partial charge in [-0.1, -0.05) is 36.6 Å². The summed E-state index contributed by atoms with van der Waals surface area (Å²) >= 11 is 5.95. The molecule has 27 heavy (non-hydrogen) atoms. The van der Waals surface area contributed by atoms with Crippen LogP contribution in [0.2, 0.25) is 5.02 Å². The van der Waals surface area contributed by atoms with Gasteiger partial charge in [0.25, 0.3) is 0 Å². The number of likely N-dealkylation sites (tertiary alicyclic amines) is 1. The van der Waals surface area contributed by atoms with E-state index in [1.807, 2.05) is 0 Å². The molecule has 1 aromatic carbocycles. The van der Waals surface area contributed by atoms with E-state index in [2.05, 4.69) is 5.32 Å². The number of amides is 3. The number of nitrogens with one attached hydrogen (secondary N) is 1. The molecule has 0 radical (unpaired) electrons. The maximum atomic E-state index is 12.4. The number of aliphatic hydroxyl groups is 1. The molecule has 1 heterocycles. The highest BCUT2D eigenvalue weighted by molar-refractivity contribution is 6.30. The van der Waals surface area contributed by atoms with Gasteiger partial charge in [-0.2, -0.15) is 0 Å². The second-order valence-corrected chi connectivity index (χ2v) is 8.07. The van der Waals surface area contributed by atoms with Gasteiger partial charge in [-0.25, -0.2) is 0 Å². The predicted molar refractivity (Wildman–Crippen MR) is 101 cm³/mol. The van der Waals surface area contributed by atoms with Crippen molar-refractivity contribution in [3.63, 3.8) is 0 Å². The number of benzene rings is 1. The average Bonchev–Trinajstić information content (AvgIpc) is 2.89. The molecule has 1 aliphatic heterocycles. The first-order chi connectivity index (χ1) is 12.8. The van der Waals surface area contributed by atoms with Gasteiger partial charge in [0.2, 0.25) is 17.7 Å². The van der Waals surface area contributed by atoms with Gasteiger partial charge in [0, 0.05) is 18.0 Å². The zero-order valence-electron chi connectivity index (χ0n) is 15.4. The number of fused-ring (bicyclic) bond motifs is 1. The maximum absolute atomic E-state index is 12.4. The Labute approximate surface area is 163 Å². The number of carbonyl (C=O) groups is 3. The van der Waals surface area contributed by atoms with Crippen LogP contribution in [0.5, 0.6) is 0 Å². The minimum absolute atomic E-state index is 0.0132. The molecule has 2 N–H and O–H groups in total. The summed E-state index contributed by atoms with van der Waals surface area (Å²) in [6.45, 7) is 1.70. The zero-order valence-corrected chi connectivity index (χ0v) is 16.2. The molecule has 1 saturated carbocycles. The molecule has 3 amide bonds. The van der Waals surface area contributed by atoms with Gasteiger partial charge in [0.05, 0.1) is 18.4 Å². The minimum Gasteiger partial charge on any atom is -0.384 e. The molecule has 6 nitrogen and oxygen atoms in total. The van der Waals surface area contributed by atoms with Crippen LogP contribution in [0.4, 0.5) is 0 Å². The highest BCUT2D eigenvalue weighted by Crippen LogP contribution is 2.37. The highest BCUT2D eigenvalue weighted by atomic mass is 35.5. The first-order valence-corrected chi connectivity index (χ1v) is 9.78. The van der Waals surface area contributed by atoms with E-state index in [-0.39, 0.29) is 49.1 Å². The van der Waals surface area contributed by atoms with Crippen molar-refractivity contribution in [2.45, 2.75) is 44.6 Å². The Morgan fingerprint density at radius 2 is 1.89 bits per heavy atom. The summed E-state index contributed by atoms with van der Waals surface area (Å²) in [4.78, 5) is 38.3. The van der Waals surface area contributed by atoms with Gasteiger partial charge in [-0.3, -0.25) is 19.3 Å². The van der Waals surface area contributed by atoms with Crippen molar-refractivity contribution in [3.05, 3.63) is 34.9 Å². The second kappa shape index (κ2) is 7.98. The van der Waals surface area contributed by atoms with Crippen molar-refractivity contribution in [2.24, 2.45) is 11.8 Å². The summed E-state index contributed by atoms with van der Waals surface area (Å²) in [7, 11) is 0. The lowest BCUT2D eigenvalue weighted by molar-refractivity contribution is -0.140. The Kier molecular flexibility index (Phi) is 5.86. The first-order valence-electron chi connectivity index (χ1n) is 9.40. The van der Waals surface area contributed by atoms with Crippen molar-refractivity contribution < 1.29 is 19.5 Å². The fourth-order valence-corrected chi connectivity index (χ4v) is 4.14. The molecule has 0 aromatic heterocycles. The van der Waals surface area contributed by atoms with Gasteiger partial charge >= 0.3 is 0 Å². The van der Waals surface area contributed by atoms with Gasteiger partial charge < -0.3 is 10.4 Å². The van der Waals surface area contributed by atoms with Crippen molar-refractivity contribution >= 4 is 29.3 Å². The normalized spacial score (nSPS) is 24.5. The number of rotatable bonds is 6. The summed E-state index contributed by atoms with van der Waals surface area (Å²) in [6.07, 6.45) is 3.52. The fraction of sp³-hybridized carbons (Fsp3) is 0.550. The van der Waals surface area contributed by atoms with Crippen molar-refractivity contribution in [2.75, 3.05) is 13.1 Å². The Morgan fingerprint density at radius 3 is 2.48 bits per heavy atom. The molecule has 0 unspecified atom stereocenters. The molecule has 0 spiro atoms. The number of nitrogens with zero attached hydrogens (tertiary/aromatic N) is 1. The van der Waals surface area contributed by atoms with E-state index in [0.717, 1.165) is 25.7 Å². The lowest BCUT2D eigenvalue weighted by Gasteiger charge is -2.24. The minimum atomic E-state index is -1.27. The Balaban J connectivity index is 1.51. The molecule has 2 aliphatic rings. The van der Waals surface area contributed by atoms with Gasteiger partial charge in [-0.05, 0) is 37.5 Å². The molecule has 2 fully saturated rings. The van der Waals surface area contributed by atoms with Gasteiger partial charge in [0.15, 0.2) is 0 Å². The van der Waals surface area contributed by atoms with Crippen LogP contribution >= 0.6 is 11.6 Å². The summed E-state index contributed by atoms with van der Waals surface area (Å²) in [5.41, 5.74) is -0.668. The van der Waals surface area contributed by atoms with Crippen LogP contribution in [0.3, 0.4) is 0 Å². The van der Waals surface area contributed by atoms with Crippen molar-refractivity contribution in [3.8, 4) is 0 Å². The third kappa shape index (κ3) is 4.33. The van der Waals surface area contributed by atoms with Crippen LogP contribution < -0.4 is 5.32 Å². The fourth-order valence-electron chi connectivity index (χ4n) is 3.95. The van der Waals surface area contributed by atoms with Crippen LogP contribution in [0.25, 0.3) is 0 Å². The topological polar surface area (TPSA) is 86.7 Å². The molecule has 146 valence electrons. The lowest BCUT2D eigenvalue weighted by Crippen LogP contribution is -2.40. The van der Waals surface area contributed by atoms with E-state index < -0.39 is 5.60 Å². The molecule has 3 rings (SSSR count). The molecule has 1 saturated heterocycles. The largest absolute Gasteiger partial charge is 0.384 e. The molecule has 7 heteroatoms. The third-order valence-corrected chi connectivity index (χ3v) is 5.81. The summed E-state index contributed by atoms with van der Waals surface area (Å²) in [6, 6.07) is 6.83. The SMILES string of the molecule is C[C@@](O)(CNC(=O)CCN1C(=O)[C@H]2CCCC[C@H]2C1=O)c1cccc(Cl)c1. The van der Waals surface area contributed by atoms with Crippen molar-refractivity contribution in [1.29, 1.82) is 0 Å². The second-order valence-electron chi connectivity index (χ2n) is 7.64. The predicted octanol–water partition coefficient (Wildman–Crippen LogP) is 2.23. The number of imide groups is 1. The summed E-state index contributed by atoms with van der Waals surface area (Å²) < 4.78 is 0. The first kappa shape index (κ1) is 19.8. The highest BCUT2D eigenvalue weighted by Gasteiger charge is 2.47. The standard InChI is InChI=1S/C20H25ClN2O4/c1-20(27,13-5-4-6-14(21)11-13)12-22-17(24)9-10-23-18(25)15-7-2-3-8-16(15)19(23)26/h4-6,11,15-16,27H,2-3,7-10,12H2,1H3,(H,22,24)/t15-,16+,20-/m1/s1. The van der Waals surface area contributed by atoms with Gasteiger partial charge in [0.1, 0.15) is 5.60 Å². The van der Waals surface area contributed by atoms with Crippen LogP contribution in [-0.2, 0) is 20.0 Å². The summed E-state index contributed by atoms with van der Waals surface area (Å²) in [5, 5.41) is 13.8. The zero-order chi connectivity index (χ0) is 19.6. The Hall–Kier alpha value is -1.92. The quantitative estimate of drug-likeness (QED) is 0.727. The number of carbonyl (C=O) groups excluding carboxylic acids is 3. The van der Waals surface area contributed by atoms with E-state index in [0.29, 0.717) is 10.6 Å². The maximum Gasteiger partial charge on any atom is 0.233 e. The van der Waals surface area contributed by atoms with E-state index >= 15 is 0 Å². The van der Waals surface area contributed by atoms with Crippen molar-refractivity contribution in [1.82, 2.24) is 10.2 Å². The van der Waals surface area contributed by atoms with Crippen LogP contribution in [0.15, 0.2) is 24.3 Å². The smallest absolute Gasteiger partial charge is 0.233 e. The molecule has 0 bridgehead atoms. The van der Waals surface area contributed by atoms with E-state index in [9.17, 15) is 19.5 Å². The lowest BCUT2D eigenvalue weighted by atomic mass is 9.81. The molecular formula is C20H25ClN2O4. The van der Waals surface area contributed by atoms with Gasteiger partial charge in [-0.15, -0.1) is 0 Å². The molecule has 3 atom stereocenters. The summed E-state index contributed by atoms with van der Waals surface area (Å²) in [5.74, 6) is -0.977. The molecule has 1 aromatic rings. The van der Waals surface area contributed by atoms with E-state index in [4.69, 9.17) is 11.6 Å².